The zero-order chi connectivity index (χ0) is 21.0. The minimum Gasteiger partial charge on any atom is -0.507 e. The maximum atomic E-state index is 12.8. The van der Waals surface area contributed by atoms with Gasteiger partial charge in [-0.05, 0) is 30.7 Å². The van der Waals surface area contributed by atoms with Crippen molar-refractivity contribution in [1.82, 2.24) is 4.90 Å². The minimum atomic E-state index is -0.839. The Labute approximate surface area is 168 Å². The Kier molecular flexibility index (Phi) is 6.23. The number of ether oxygens (including phenoxy) is 3. The molecule has 0 aliphatic carbocycles. The van der Waals surface area contributed by atoms with Crippen LogP contribution < -0.4 is 9.47 Å². The molecule has 1 atom stereocenters. The number of ketones is 1. The largest absolute Gasteiger partial charge is 0.507 e. The fourth-order valence-electron chi connectivity index (χ4n) is 3.37. The molecule has 3 rings (SSSR count). The number of Topliss-reactive ketones (excluding diaryl/α,β-unsaturated/α-hetero) is 1. The van der Waals surface area contributed by atoms with Crippen LogP contribution >= 0.6 is 0 Å². The number of aliphatic hydroxyl groups is 1. The topological polar surface area (TPSA) is 98.4 Å². The van der Waals surface area contributed by atoms with Gasteiger partial charge in [0.15, 0.2) is 0 Å². The standard InChI is InChI=1S/C21H23NO7/c1-26-10-5-9-22-18(15-6-4-11-29-15)17(20(24)21(22)25)19(23)14-8-7-13(27-2)12-16(14)28-3/h4,6-8,11-12,18,23H,5,9-10H2,1-3H3/b19-17-. The molecule has 1 aromatic heterocycles. The lowest BCUT2D eigenvalue weighted by Gasteiger charge is -2.23. The van der Waals surface area contributed by atoms with Gasteiger partial charge >= 0.3 is 0 Å². The maximum absolute atomic E-state index is 12.8. The lowest BCUT2D eigenvalue weighted by atomic mass is 9.98. The fourth-order valence-corrected chi connectivity index (χ4v) is 3.37. The van der Waals surface area contributed by atoms with E-state index in [0.717, 1.165) is 0 Å². The van der Waals surface area contributed by atoms with Crippen molar-refractivity contribution < 1.29 is 33.3 Å². The van der Waals surface area contributed by atoms with Crippen molar-refractivity contribution in [2.45, 2.75) is 12.5 Å². The summed E-state index contributed by atoms with van der Waals surface area (Å²) in [5.74, 6) is -0.587. The van der Waals surface area contributed by atoms with Crippen LogP contribution in [0.2, 0.25) is 0 Å². The van der Waals surface area contributed by atoms with Crippen molar-refractivity contribution in [3.05, 3.63) is 53.5 Å². The van der Waals surface area contributed by atoms with E-state index in [2.05, 4.69) is 0 Å². The van der Waals surface area contributed by atoms with Gasteiger partial charge in [-0.2, -0.15) is 0 Å². The van der Waals surface area contributed by atoms with Gasteiger partial charge in [-0.15, -0.1) is 0 Å². The molecule has 2 aromatic rings. The first-order valence-corrected chi connectivity index (χ1v) is 9.06. The third-order valence-electron chi connectivity index (χ3n) is 4.76. The van der Waals surface area contributed by atoms with Crippen molar-refractivity contribution in [1.29, 1.82) is 0 Å². The molecule has 2 heterocycles. The minimum absolute atomic E-state index is 0.0502. The van der Waals surface area contributed by atoms with Gasteiger partial charge in [-0.3, -0.25) is 9.59 Å². The van der Waals surface area contributed by atoms with Crippen molar-refractivity contribution >= 4 is 17.4 Å². The summed E-state index contributed by atoms with van der Waals surface area (Å²) in [7, 11) is 4.52. The van der Waals surface area contributed by atoms with Crippen LogP contribution in [0.1, 0.15) is 23.8 Å². The van der Waals surface area contributed by atoms with Gasteiger partial charge in [0.2, 0.25) is 0 Å². The number of methoxy groups -OCH3 is 3. The van der Waals surface area contributed by atoms with E-state index in [4.69, 9.17) is 18.6 Å². The van der Waals surface area contributed by atoms with E-state index in [1.165, 1.54) is 25.4 Å². The van der Waals surface area contributed by atoms with E-state index in [-0.39, 0.29) is 23.4 Å². The average Bonchev–Trinajstić information content (AvgIpc) is 3.35. The molecule has 1 unspecified atom stereocenters. The Morgan fingerprint density at radius 3 is 2.59 bits per heavy atom. The summed E-state index contributed by atoms with van der Waals surface area (Å²) in [4.78, 5) is 26.9. The number of carbonyl (C=O) groups is 2. The first-order chi connectivity index (χ1) is 14.0. The molecular formula is C21H23NO7. The van der Waals surface area contributed by atoms with Crippen molar-refractivity contribution in [3.63, 3.8) is 0 Å². The third kappa shape index (κ3) is 3.84. The van der Waals surface area contributed by atoms with E-state index in [1.54, 1.807) is 37.4 Å². The van der Waals surface area contributed by atoms with Crippen LogP contribution in [-0.4, -0.2) is 56.2 Å². The number of nitrogens with zero attached hydrogens (tertiary/aromatic N) is 1. The maximum Gasteiger partial charge on any atom is 0.295 e. The summed E-state index contributed by atoms with van der Waals surface area (Å²) in [5.41, 5.74) is 0.227. The monoisotopic (exact) mass is 401 g/mol. The summed E-state index contributed by atoms with van der Waals surface area (Å²) in [6.45, 7) is 0.709. The van der Waals surface area contributed by atoms with E-state index in [9.17, 15) is 14.7 Å². The number of furan rings is 1. The summed E-state index contributed by atoms with van der Waals surface area (Å²) < 4.78 is 21.0. The van der Waals surface area contributed by atoms with Crippen molar-refractivity contribution in [2.24, 2.45) is 0 Å². The molecular weight excluding hydrogens is 378 g/mol. The number of likely N-dealkylation sites (tertiary alicyclic amines) is 1. The molecule has 1 N–H and O–H groups in total. The zero-order valence-corrected chi connectivity index (χ0v) is 16.5. The molecule has 0 spiro atoms. The van der Waals surface area contributed by atoms with Crippen molar-refractivity contribution in [3.8, 4) is 11.5 Å². The second-order valence-electron chi connectivity index (χ2n) is 6.42. The highest BCUT2D eigenvalue weighted by Gasteiger charge is 2.47. The molecule has 1 aromatic carbocycles. The zero-order valence-electron chi connectivity index (χ0n) is 16.5. The smallest absolute Gasteiger partial charge is 0.295 e. The highest BCUT2D eigenvalue weighted by Crippen LogP contribution is 2.41. The van der Waals surface area contributed by atoms with E-state index < -0.39 is 17.7 Å². The molecule has 8 nitrogen and oxygen atoms in total. The van der Waals surface area contributed by atoms with Crippen LogP contribution in [0.4, 0.5) is 0 Å². The van der Waals surface area contributed by atoms with Crippen LogP contribution in [0.25, 0.3) is 5.76 Å². The molecule has 1 fully saturated rings. The van der Waals surface area contributed by atoms with Gasteiger partial charge in [-0.25, -0.2) is 0 Å². The number of hydrogen-bond donors (Lipinski definition) is 1. The van der Waals surface area contributed by atoms with E-state index in [0.29, 0.717) is 30.3 Å². The third-order valence-corrected chi connectivity index (χ3v) is 4.76. The van der Waals surface area contributed by atoms with Gasteiger partial charge < -0.3 is 28.6 Å². The second-order valence-corrected chi connectivity index (χ2v) is 6.42. The Balaban J connectivity index is 2.12. The predicted molar refractivity (Wildman–Crippen MR) is 104 cm³/mol. The summed E-state index contributed by atoms with van der Waals surface area (Å²) >= 11 is 0. The van der Waals surface area contributed by atoms with Gasteiger partial charge in [0.25, 0.3) is 11.7 Å². The SMILES string of the molecule is COCCCN1C(=O)C(=O)/C(=C(\O)c2ccc(OC)cc2OC)C1c1ccco1. The Bertz CT molecular complexity index is 917. The average molecular weight is 401 g/mol. The number of carbonyl (C=O) groups excluding carboxylic acids is 2. The highest BCUT2D eigenvalue weighted by atomic mass is 16.5. The Morgan fingerprint density at radius 2 is 1.97 bits per heavy atom. The van der Waals surface area contributed by atoms with Crippen LogP contribution in [-0.2, 0) is 14.3 Å². The van der Waals surface area contributed by atoms with Crippen LogP contribution in [0.5, 0.6) is 11.5 Å². The van der Waals surface area contributed by atoms with E-state index >= 15 is 0 Å². The number of amides is 1. The van der Waals surface area contributed by atoms with E-state index in [1.807, 2.05) is 0 Å². The van der Waals surface area contributed by atoms with Gasteiger partial charge in [0, 0.05) is 26.3 Å². The Morgan fingerprint density at radius 1 is 1.17 bits per heavy atom. The van der Waals surface area contributed by atoms with Crippen LogP contribution in [0.15, 0.2) is 46.6 Å². The normalized spacial score (nSPS) is 18.3. The highest BCUT2D eigenvalue weighted by molar-refractivity contribution is 6.46. The number of benzene rings is 1. The molecule has 29 heavy (non-hydrogen) atoms. The number of aliphatic hydroxyl groups excluding tert-OH is 1. The first-order valence-electron chi connectivity index (χ1n) is 9.06. The van der Waals surface area contributed by atoms with Crippen LogP contribution in [0, 0.1) is 0 Å². The lowest BCUT2D eigenvalue weighted by Crippen LogP contribution is -2.31. The van der Waals surface area contributed by atoms with Crippen molar-refractivity contribution in [2.75, 3.05) is 34.5 Å². The lowest BCUT2D eigenvalue weighted by molar-refractivity contribution is -0.140. The molecule has 0 saturated carbocycles. The fraction of sp³-hybridized carbons (Fsp3) is 0.333. The summed E-state index contributed by atoms with van der Waals surface area (Å²) in [6.07, 6.45) is 1.99. The molecule has 1 aliphatic rings. The van der Waals surface area contributed by atoms with Gasteiger partial charge in [0.1, 0.15) is 29.1 Å². The molecule has 1 aliphatic heterocycles. The first kappa shape index (κ1) is 20.5. The molecule has 1 amide bonds. The predicted octanol–water partition coefficient (Wildman–Crippen LogP) is 2.76. The summed E-state index contributed by atoms with van der Waals surface area (Å²) in [6, 6.07) is 7.29. The summed E-state index contributed by atoms with van der Waals surface area (Å²) in [5, 5.41) is 11.0. The van der Waals surface area contributed by atoms with Gasteiger partial charge in [0.05, 0.1) is 31.6 Å². The molecule has 1 saturated heterocycles. The molecule has 0 radical (unpaired) electrons. The molecule has 0 bridgehead atoms. The number of hydrogen-bond acceptors (Lipinski definition) is 7. The molecule has 154 valence electrons. The Hall–Kier alpha value is -3.26. The van der Waals surface area contributed by atoms with Crippen LogP contribution in [0.3, 0.4) is 0 Å². The molecule has 8 heteroatoms. The van der Waals surface area contributed by atoms with Gasteiger partial charge in [-0.1, -0.05) is 0 Å². The quantitative estimate of drug-likeness (QED) is 0.314. The second kappa shape index (κ2) is 8.83. The number of rotatable bonds is 8.